The van der Waals surface area contributed by atoms with Crippen LogP contribution < -0.4 is 0 Å². The van der Waals surface area contributed by atoms with Crippen LogP contribution in [0.3, 0.4) is 0 Å². The van der Waals surface area contributed by atoms with Crippen molar-refractivity contribution < 1.29 is 9.59 Å². The van der Waals surface area contributed by atoms with Gasteiger partial charge in [0.2, 0.25) is 0 Å². The van der Waals surface area contributed by atoms with Crippen LogP contribution >= 0.6 is 35.0 Å². The lowest BCUT2D eigenvalue weighted by Gasteiger charge is -2.15. The first kappa shape index (κ1) is 21.0. The summed E-state index contributed by atoms with van der Waals surface area (Å²) in [7, 11) is 0. The van der Waals surface area contributed by atoms with E-state index in [9.17, 15) is 9.59 Å². The summed E-state index contributed by atoms with van der Waals surface area (Å²) >= 11 is 13.8. The summed E-state index contributed by atoms with van der Waals surface area (Å²) in [5.41, 5.74) is 2.02. The summed E-state index contributed by atoms with van der Waals surface area (Å²) in [5.74, 6) is 0.0936. The van der Waals surface area contributed by atoms with E-state index in [-0.39, 0.29) is 11.8 Å². The fourth-order valence-corrected chi connectivity index (χ4v) is 4.65. The minimum atomic E-state index is -0.277. The molecule has 0 N–H and O–H groups in total. The Kier molecular flexibility index (Phi) is 7.22. The highest BCUT2D eigenvalue weighted by molar-refractivity contribution is 8.03. The molecule has 2 aromatic rings. The smallest absolute Gasteiger partial charge is 0.267 e. The summed E-state index contributed by atoms with van der Waals surface area (Å²) in [6.07, 6.45) is 2.79. The van der Waals surface area contributed by atoms with Gasteiger partial charge in [0, 0.05) is 22.9 Å². The Morgan fingerprint density at radius 3 is 2.39 bits per heavy atom. The van der Waals surface area contributed by atoms with Gasteiger partial charge in [0.25, 0.3) is 11.8 Å². The van der Waals surface area contributed by atoms with E-state index in [4.69, 9.17) is 23.2 Å². The number of rotatable bonds is 8. The second-order valence-corrected chi connectivity index (χ2v) is 8.40. The number of hydrogen-bond acceptors (Lipinski definition) is 3. The first-order chi connectivity index (χ1) is 13.5. The molecular formula is C22H21Cl2NO2S. The van der Waals surface area contributed by atoms with Gasteiger partial charge in [-0.2, -0.15) is 0 Å². The molecule has 0 aromatic heterocycles. The van der Waals surface area contributed by atoms with Crippen LogP contribution in [0, 0.1) is 0 Å². The van der Waals surface area contributed by atoms with Crippen molar-refractivity contribution >= 4 is 52.4 Å². The summed E-state index contributed by atoms with van der Waals surface area (Å²) in [6, 6.07) is 14.9. The van der Waals surface area contributed by atoms with E-state index in [0.29, 0.717) is 38.4 Å². The molecule has 0 spiro atoms. The Labute approximate surface area is 179 Å². The number of unbranched alkanes of at least 4 members (excludes halogenated alkanes) is 2. The van der Waals surface area contributed by atoms with Crippen LogP contribution in [0.1, 0.15) is 37.3 Å². The Morgan fingerprint density at radius 1 is 0.964 bits per heavy atom. The fourth-order valence-electron chi connectivity index (χ4n) is 3.07. The van der Waals surface area contributed by atoms with Gasteiger partial charge in [-0.15, -0.1) is 11.8 Å². The molecule has 0 unspecified atom stereocenters. The van der Waals surface area contributed by atoms with Crippen molar-refractivity contribution in [3.63, 3.8) is 0 Å². The molecule has 146 valence electrons. The SMILES string of the molecule is CCCCCN1C(=O)C(SCc2ccccc2)=C(c2ccc(Cl)cc2Cl)C1=O. The van der Waals surface area contributed by atoms with E-state index in [1.807, 2.05) is 30.3 Å². The van der Waals surface area contributed by atoms with Crippen molar-refractivity contribution in [3.05, 3.63) is 74.6 Å². The van der Waals surface area contributed by atoms with Crippen molar-refractivity contribution in [1.29, 1.82) is 0 Å². The first-order valence-corrected chi connectivity index (χ1v) is 11.0. The summed E-state index contributed by atoms with van der Waals surface area (Å²) in [6.45, 7) is 2.52. The second kappa shape index (κ2) is 9.64. The van der Waals surface area contributed by atoms with Gasteiger partial charge < -0.3 is 0 Å². The minimum Gasteiger partial charge on any atom is -0.274 e. The molecule has 2 amide bonds. The van der Waals surface area contributed by atoms with Gasteiger partial charge in [0.1, 0.15) is 0 Å². The molecular weight excluding hydrogens is 413 g/mol. The quantitative estimate of drug-likeness (QED) is 0.367. The predicted octanol–water partition coefficient (Wildman–Crippen LogP) is 6.20. The van der Waals surface area contributed by atoms with E-state index in [1.54, 1.807) is 18.2 Å². The molecule has 1 aliphatic rings. The zero-order valence-corrected chi connectivity index (χ0v) is 17.9. The number of nitrogens with zero attached hydrogens (tertiary/aromatic N) is 1. The van der Waals surface area contributed by atoms with Gasteiger partial charge in [0.05, 0.1) is 15.5 Å². The second-order valence-electron chi connectivity index (χ2n) is 6.57. The molecule has 3 nitrogen and oxygen atoms in total. The van der Waals surface area contributed by atoms with Crippen LogP contribution in [0.5, 0.6) is 0 Å². The van der Waals surface area contributed by atoms with Crippen LogP contribution in [-0.4, -0.2) is 23.3 Å². The normalized spacial score (nSPS) is 14.3. The summed E-state index contributed by atoms with van der Waals surface area (Å²) in [4.78, 5) is 28.0. The van der Waals surface area contributed by atoms with Gasteiger partial charge in [-0.25, -0.2) is 0 Å². The molecule has 2 aromatic carbocycles. The molecule has 0 saturated carbocycles. The van der Waals surface area contributed by atoms with Crippen LogP contribution in [0.4, 0.5) is 0 Å². The highest BCUT2D eigenvalue weighted by Gasteiger charge is 2.39. The molecule has 1 aliphatic heterocycles. The van der Waals surface area contributed by atoms with Crippen LogP contribution in [0.2, 0.25) is 10.0 Å². The molecule has 0 saturated heterocycles. The number of thioether (sulfide) groups is 1. The van der Waals surface area contributed by atoms with Gasteiger partial charge in [-0.05, 0) is 24.1 Å². The Balaban J connectivity index is 1.95. The standard InChI is InChI=1S/C22H21Cl2NO2S/c1-2-3-7-12-25-21(26)19(17-11-10-16(23)13-18(17)24)20(22(25)27)28-14-15-8-5-4-6-9-15/h4-6,8-11,13H,2-3,7,12,14H2,1H3. The lowest BCUT2D eigenvalue weighted by molar-refractivity contribution is -0.136. The van der Waals surface area contributed by atoms with Crippen molar-refractivity contribution in [2.75, 3.05) is 6.54 Å². The topological polar surface area (TPSA) is 37.4 Å². The highest BCUT2D eigenvalue weighted by Crippen LogP contribution is 2.40. The molecule has 0 aliphatic carbocycles. The third-order valence-electron chi connectivity index (χ3n) is 4.54. The first-order valence-electron chi connectivity index (χ1n) is 9.25. The number of hydrogen-bond donors (Lipinski definition) is 0. The van der Waals surface area contributed by atoms with Gasteiger partial charge in [-0.1, -0.05) is 79.4 Å². The van der Waals surface area contributed by atoms with Crippen LogP contribution in [-0.2, 0) is 15.3 Å². The van der Waals surface area contributed by atoms with Crippen molar-refractivity contribution in [1.82, 2.24) is 4.90 Å². The molecule has 28 heavy (non-hydrogen) atoms. The molecule has 0 atom stereocenters. The molecule has 3 rings (SSSR count). The van der Waals surface area contributed by atoms with E-state index < -0.39 is 0 Å². The monoisotopic (exact) mass is 433 g/mol. The van der Waals surface area contributed by atoms with Crippen LogP contribution in [0.15, 0.2) is 53.4 Å². The van der Waals surface area contributed by atoms with Gasteiger partial charge in [0.15, 0.2) is 0 Å². The minimum absolute atomic E-state index is 0.233. The Bertz CT molecular complexity index is 912. The van der Waals surface area contributed by atoms with Gasteiger partial charge in [-0.3, -0.25) is 14.5 Å². The van der Waals surface area contributed by atoms with E-state index >= 15 is 0 Å². The number of halogens is 2. The van der Waals surface area contributed by atoms with E-state index in [0.717, 1.165) is 24.8 Å². The molecule has 1 heterocycles. The lowest BCUT2D eigenvalue weighted by atomic mass is 10.1. The fraction of sp³-hybridized carbons (Fsp3) is 0.273. The average Bonchev–Trinajstić information content (AvgIpc) is 2.91. The molecule has 6 heteroatoms. The van der Waals surface area contributed by atoms with Crippen molar-refractivity contribution in [2.45, 2.75) is 31.9 Å². The number of benzene rings is 2. The maximum absolute atomic E-state index is 13.1. The summed E-state index contributed by atoms with van der Waals surface area (Å²) < 4.78 is 0. The summed E-state index contributed by atoms with van der Waals surface area (Å²) in [5, 5.41) is 0.862. The number of carbonyl (C=O) groups is 2. The predicted molar refractivity (Wildman–Crippen MR) is 117 cm³/mol. The van der Waals surface area contributed by atoms with E-state index in [1.165, 1.54) is 16.7 Å². The van der Waals surface area contributed by atoms with Crippen molar-refractivity contribution in [2.24, 2.45) is 0 Å². The Morgan fingerprint density at radius 2 is 1.71 bits per heavy atom. The highest BCUT2D eigenvalue weighted by atomic mass is 35.5. The van der Waals surface area contributed by atoms with Crippen LogP contribution in [0.25, 0.3) is 5.57 Å². The number of imide groups is 1. The third kappa shape index (κ3) is 4.62. The third-order valence-corrected chi connectivity index (χ3v) is 6.23. The number of carbonyl (C=O) groups excluding carboxylic acids is 2. The zero-order valence-electron chi connectivity index (χ0n) is 15.6. The molecule has 0 fully saturated rings. The largest absolute Gasteiger partial charge is 0.274 e. The van der Waals surface area contributed by atoms with Crippen molar-refractivity contribution in [3.8, 4) is 0 Å². The molecule has 0 radical (unpaired) electrons. The number of amides is 2. The van der Waals surface area contributed by atoms with Gasteiger partial charge >= 0.3 is 0 Å². The maximum Gasteiger partial charge on any atom is 0.267 e. The molecule has 0 bridgehead atoms. The Hall–Kier alpha value is -1.75. The zero-order chi connectivity index (χ0) is 20.1. The van der Waals surface area contributed by atoms with E-state index in [2.05, 4.69) is 6.92 Å². The average molecular weight is 434 g/mol. The lowest BCUT2D eigenvalue weighted by Crippen LogP contribution is -2.32. The maximum atomic E-state index is 13.1.